The van der Waals surface area contributed by atoms with E-state index in [0.717, 1.165) is 5.92 Å². The normalized spacial score (nSPS) is 11.8. The van der Waals surface area contributed by atoms with Gasteiger partial charge in [0, 0.05) is 0 Å². The maximum atomic E-state index is 3.73. The standard InChI is InChI=1S/C12H24.H3N/c1-4-6-8-9-11-12(3)10-7-5-2;/h4,12H,1,5-11H2,2-3H3;1H3. The second-order valence-electron chi connectivity index (χ2n) is 3.82. The predicted molar refractivity (Wildman–Crippen MR) is 62.4 cm³/mol. The summed E-state index contributed by atoms with van der Waals surface area (Å²) in [6.07, 6.45) is 11.5. The third kappa shape index (κ3) is 11.7. The molecule has 0 aromatic carbocycles. The van der Waals surface area contributed by atoms with E-state index >= 15 is 0 Å². The van der Waals surface area contributed by atoms with Crippen LogP contribution in [0.5, 0.6) is 0 Å². The van der Waals surface area contributed by atoms with Crippen molar-refractivity contribution in [2.75, 3.05) is 0 Å². The summed E-state index contributed by atoms with van der Waals surface area (Å²) >= 11 is 0. The summed E-state index contributed by atoms with van der Waals surface area (Å²) in [5, 5.41) is 0. The molecule has 0 saturated carbocycles. The van der Waals surface area contributed by atoms with Crippen molar-refractivity contribution in [3.63, 3.8) is 0 Å². The first-order valence-corrected chi connectivity index (χ1v) is 5.42. The Morgan fingerprint density at radius 3 is 2.31 bits per heavy atom. The minimum Gasteiger partial charge on any atom is -0.344 e. The van der Waals surface area contributed by atoms with Crippen LogP contribution in [0, 0.1) is 5.92 Å². The Morgan fingerprint density at radius 2 is 1.77 bits per heavy atom. The van der Waals surface area contributed by atoms with E-state index in [9.17, 15) is 0 Å². The summed E-state index contributed by atoms with van der Waals surface area (Å²) in [4.78, 5) is 0. The van der Waals surface area contributed by atoms with Crippen LogP contribution in [0.2, 0.25) is 0 Å². The quantitative estimate of drug-likeness (QED) is 0.431. The van der Waals surface area contributed by atoms with Crippen molar-refractivity contribution in [1.82, 2.24) is 6.15 Å². The van der Waals surface area contributed by atoms with Gasteiger partial charge in [-0.15, -0.1) is 6.58 Å². The maximum Gasteiger partial charge on any atom is -0.0353 e. The lowest BCUT2D eigenvalue weighted by molar-refractivity contribution is 0.450. The smallest absolute Gasteiger partial charge is 0.0353 e. The molecule has 0 bridgehead atoms. The van der Waals surface area contributed by atoms with Gasteiger partial charge < -0.3 is 6.15 Å². The first-order valence-electron chi connectivity index (χ1n) is 5.42. The van der Waals surface area contributed by atoms with Crippen molar-refractivity contribution in [1.29, 1.82) is 0 Å². The van der Waals surface area contributed by atoms with Crippen LogP contribution in [-0.4, -0.2) is 0 Å². The summed E-state index contributed by atoms with van der Waals surface area (Å²) in [7, 11) is 0. The molecule has 0 rings (SSSR count). The van der Waals surface area contributed by atoms with E-state index in [1.807, 2.05) is 6.08 Å². The molecule has 0 saturated heterocycles. The third-order valence-electron chi connectivity index (χ3n) is 2.41. The highest BCUT2D eigenvalue weighted by Crippen LogP contribution is 2.15. The fourth-order valence-corrected chi connectivity index (χ4v) is 1.48. The van der Waals surface area contributed by atoms with Gasteiger partial charge in [-0.25, -0.2) is 0 Å². The fraction of sp³-hybridized carbons (Fsp3) is 0.833. The molecule has 0 fully saturated rings. The van der Waals surface area contributed by atoms with Gasteiger partial charge in [-0.2, -0.15) is 0 Å². The molecule has 0 radical (unpaired) electrons. The first kappa shape index (κ1) is 15.2. The van der Waals surface area contributed by atoms with Gasteiger partial charge in [0.2, 0.25) is 0 Å². The largest absolute Gasteiger partial charge is 0.344 e. The second kappa shape index (κ2) is 11.7. The second-order valence-corrected chi connectivity index (χ2v) is 3.82. The third-order valence-corrected chi connectivity index (χ3v) is 2.41. The Bertz CT molecular complexity index is 99.3. The van der Waals surface area contributed by atoms with Gasteiger partial charge in [0.25, 0.3) is 0 Å². The van der Waals surface area contributed by atoms with Gasteiger partial charge in [0.1, 0.15) is 0 Å². The molecule has 0 aliphatic heterocycles. The predicted octanol–water partition coefficient (Wildman–Crippen LogP) is 4.72. The molecule has 1 atom stereocenters. The molecule has 0 aromatic heterocycles. The molecule has 80 valence electrons. The molecular weight excluding hydrogens is 158 g/mol. The Hall–Kier alpha value is -0.300. The molecular formula is C12H27N. The van der Waals surface area contributed by atoms with E-state index < -0.39 is 0 Å². The lowest BCUT2D eigenvalue weighted by atomic mass is 9.97. The fourth-order valence-electron chi connectivity index (χ4n) is 1.48. The Labute approximate surface area is 84.2 Å². The SMILES string of the molecule is C=CCCCCC(C)CCCC.N. The number of unbranched alkanes of at least 4 members (excludes halogenated alkanes) is 3. The van der Waals surface area contributed by atoms with Crippen LogP contribution < -0.4 is 6.15 Å². The molecule has 1 heteroatoms. The van der Waals surface area contributed by atoms with Gasteiger partial charge in [-0.1, -0.05) is 52.0 Å². The first-order chi connectivity index (χ1) is 5.81. The van der Waals surface area contributed by atoms with Crippen molar-refractivity contribution in [3.8, 4) is 0 Å². The highest BCUT2D eigenvalue weighted by molar-refractivity contribution is 4.66. The minimum atomic E-state index is 0. The summed E-state index contributed by atoms with van der Waals surface area (Å²) < 4.78 is 0. The van der Waals surface area contributed by atoms with E-state index in [-0.39, 0.29) is 6.15 Å². The van der Waals surface area contributed by atoms with Gasteiger partial charge in [0.15, 0.2) is 0 Å². The molecule has 1 nitrogen and oxygen atoms in total. The van der Waals surface area contributed by atoms with E-state index in [2.05, 4.69) is 20.4 Å². The molecule has 0 aliphatic rings. The van der Waals surface area contributed by atoms with Gasteiger partial charge in [0.05, 0.1) is 0 Å². The van der Waals surface area contributed by atoms with Crippen LogP contribution in [0.4, 0.5) is 0 Å². The molecule has 0 heterocycles. The van der Waals surface area contributed by atoms with Crippen molar-refractivity contribution in [3.05, 3.63) is 12.7 Å². The highest BCUT2D eigenvalue weighted by Gasteiger charge is 1.99. The zero-order valence-corrected chi connectivity index (χ0v) is 9.52. The number of allylic oxidation sites excluding steroid dienone is 1. The van der Waals surface area contributed by atoms with Crippen LogP contribution in [0.3, 0.4) is 0 Å². The monoisotopic (exact) mass is 185 g/mol. The van der Waals surface area contributed by atoms with E-state index in [4.69, 9.17) is 0 Å². The van der Waals surface area contributed by atoms with Crippen molar-refractivity contribution in [2.24, 2.45) is 5.92 Å². The zero-order chi connectivity index (χ0) is 9.23. The van der Waals surface area contributed by atoms with Crippen LogP contribution in [-0.2, 0) is 0 Å². The summed E-state index contributed by atoms with van der Waals surface area (Å²) in [6, 6.07) is 0. The molecule has 1 unspecified atom stereocenters. The Balaban J connectivity index is 0. The minimum absolute atomic E-state index is 0. The van der Waals surface area contributed by atoms with E-state index in [0.29, 0.717) is 0 Å². The lowest BCUT2D eigenvalue weighted by Crippen LogP contribution is -1.93. The summed E-state index contributed by atoms with van der Waals surface area (Å²) in [6.45, 7) is 8.37. The van der Waals surface area contributed by atoms with Crippen LogP contribution in [0.1, 0.15) is 58.8 Å². The van der Waals surface area contributed by atoms with E-state index in [1.165, 1.54) is 44.9 Å². The molecule has 13 heavy (non-hydrogen) atoms. The highest BCUT2D eigenvalue weighted by atomic mass is 14.1. The Kier molecular flexibility index (Phi) is 13.7. The number of hydrogen-bond acceptors (Lipinski definition) is 1. The lowest BCUT2D eigenvalue weighted by Gasteiger charge is -2.09. The topological polar surface area (TPSA) is 35.0 Å². The summed E-state index contributed by atoms with van der Waals surface area (Å²) in [5.74, 6) is 0.940. The van der Waals surface area contributed by atoms with Gasteiger partial charge in [-0.05, 0) is 18.8 Å². The maximum absolute atomic E-state index is 3.73. The van der Waals surface area contributed by atoms with Crippen LogP contribution in [0.15, 0.2) is 12.7 Å². The molecule has 3 N–H and O–H groups in total. The Morgan fingerprint density at radius 1 is 1.15 bits per heavy atom. The van der Waals surface area contributed by atoms with Gasteiger partial charge in [-0.3, -0.25) is 0 Å². The average molecular weight is 185 g/mol. The van der Waals surface area contributed by atoms with Crippen molar-refractivity contribution >= 4 is 0 Å². The molecule has 0 aliphatic carbocycles. The number of hydrogen-bond donors (Lipinski definition) is 1. The van der Waals surface area contributed by atoms with Crippen molar-refractivity contribution in [2.45, 2.75) is 58.8 Å². The van der Waals surface area contributed by atoms with E-state index in [1.54, 1.807) is 0 Å². The van der Waals surface area contributed by atoms with Crippen LogP contribution in [0.25, 0.3) is 0 Å². The molecule has 0 spiro atoms. The molecule has 0 amide bonds. The zero-order valence-electron chi connectivity index (χ0n) is 9.52. The summed E-state index contributed by atoms with van der Waals surface area (Å²) in [5.41, 5.74) is 0. The van der Waals surface area contributed by atoms with Crippen molar-refractivity contribution < 1.29 is 0 Å². The number of rotatable bonds is 8. The molecule has 0 aromatic rings. The average Bonchev–Trinajstić information content (AvgIpc) is 2.09. The van der Waals surface area contributed by atoms with Gasteiger partial charge >= 0.3 is 0 Å². The van der Waals surface area contributed by atoms with Crippen LogP contribution >= 0.6 is 0 Å².